The molecule has 22 heavy (non-hydrogen) atoms. The van der Waals surface area contributed by atoms with E-state index in [1.807, 2.05) is 29.9 Å². The number of aromatic nitrogens is 2. The average molecular weight is 382 g/mol. The Balaban J connectivity index is 1.91. The first-order valence-corrected chi connectivity index (χ1v) is 9.20. The van der Waals surface area contributed by atoms with Crippen molar-refractivity contribution < 1.29 is 4.74 Å². The van der Waals surface area contributed by atoms with E-state index in [9.17, 15) is 0 Å². The smallest absolute Gasteiger partial charge is 0.203 e. The molecule has 0 aliphatic heterocycles. The first-order chi connectivity index (χ1) is 10.7. The second kappa shape index (κ2) is 6.96. The van der Waals surface area contributed by atoms with Gasteiger partial charge in [-0.1, -0.05) is 30.6 Å². The molecule has 1 fully saturated rings. The van der Waals surface area contributed by atoms with Crippen LogP contribution in [0.4, 0.5) is 0 Å². The third-order valence-corrected chi connectivity index (χ3v) is 5.65. The van der Waals surface area contributed by atoms with Gasteiger partial charge in [-0.25, -0.2) is 4.68 Å². The molecule has 1 saturated carbocycles. The van der Waals surface area contributed by atoms with Gasteiger partial charge in [-0.2, -0.15) is 5.10 Å². The third kappa shape index (κ3) is 3.43. The largest absolute Gasteiger partial charge is 0.496 e. The maximum atomic E-state index is 5.28. The van der Waals surface area contributed by atoms with Crippen molar-refractivity contribution in [3.8, 4) is 16.3 Å². The number of halogens is 1. The topological polar surface area (TPSA) is 39.4 Å². The van der Waals surface area contributed by atoms with Gasteiger partial charge in [-0.3, -0.25) is 4.99 Å². The summed E-state index contributed by atoms with van der Waals surface area (Å²) in [6.07, 6.45) is 6.37. The zero-order valence-corrected chi connectivity index (χ0v) is 15.3. The van der Waals surface area contributed by atoms with Gasteiger partial charge in [0.05, 0.1) is 17.6 Å². The summed E-state index contributed by atoms with van der Waals surface area (Å²) in [5, 5.41) is 5.61. The Kier molecular flexibility index (Phi) is 4.98. The Labute approximate surface area is 143 Å². The standard InChI is InChI=1S/C16H20BrN3OS/c1-20-16(18-12-6-4-3-5-7-12)22-15(19-20)11-8-9-14(21-2)13(17)10-11/h8-10,12H,3-7H2,1-2H3/b18-16+. The minimum absolute atomic E-state index is 0.468. The quantitative estimate of drug-likeness (QED) is 0.800. The van der Waals surface area contributed by atoms with Gasteiger partial charge in [-0.15, -0.1) is 0 Å². The summed E-state index contributed by atoms with van der Waals surface area (Å²) in [6, 6.07) is 6.50. The number of hydrogen-bond acceptors (Lipinski definition) is 4. The van der Waals surface area contributed by atoms with Crippen molar-refractivity contribution in [2.24, 2.45) is 12.0 Å². The molecule has 0 amide bonds. The lowest BCUT2D eigenvalue weighted by Crippen LogP contribution is -2.18. The number of aryl methyl sites for hydroxylation is 1. The van der Waals surface area contributed by atoms with E-state index >= 15 is 0 Å². The number of ether oxygens (including phenoxy) is 1. The molecular weight excluding hydrogens is 362 g/mol. The van der Waals surface area contributed by atoms with Gasteiger partial charge in [0.25, 0.3) is 0 Å². The van der Waals surface area contributed by atoms with Crippen molar-refractivity contribution in [3.63, 3.8) is 0 Å². The molecule has 0 spiro atoms. The first kappa shape index (κ1) is 15.7. The molecule has 0 saturated heterocycles. The zero-order valence-electron chi connectivity index (χ0n) is 12.9. The van der Waals surface area contributed by atoms with Crippen LogP contribution in [0.1, 0.15) is 32.1 Å². The third-order valence-electron chi connectivity index (χ3n) is 3.97. The van der Waals surface area contributed by atoms with Crippen LogP contribution in [-0.4, -0.2) is 22.9 Å². The molecule has 2 aromatic rings. The molecule has 1 aromatic carbocycles. The van der Waals surface area contributed by atoms with Crippen molar-refractivity contribution in [3.05, 3.63) is 27.5 Å². The summed E-state index contributed by atoms with van der Waals surface area (Å²) >= 11 is 5.18. The van der Waals surface area contributed by atoms with Crippen molar-refractivity contribution in [1.82, 2.24) is 9.78 Å². The summed E-state index contributed by atoms with van der Waals surface area (Å²) in [5.41, 5.74) is 1.08. The normalized spacial score (nSPS) is 17.0. The Morgan fingerprint density at radius 3 is 2.77 bits per heavy atom. The molecule has 0 atom stereocenters. The SMILES string of the molecule is COc1ccc(-c2nn(C)/c(=N\C3CCCCC3)s2)cc1Br. The Morgan fingerprint density at radius 2 is 2.09 bits per heavy atom. The highest BCUT2D eigenvalue weighted by molar-refractivity contribution is 9.10. The van der Waals surface area contributed by atoms with E-state index in [2.05, 4.69) is 21.0 Å². The minimum Gasteiger partial charge on any atom is -0.496 e. The molecule has 0 unspecified atom stereocenters. The lowest BCUT2D eigenvalue weighted by atomic mass is 9.96. The van der Waals surface area contributed by atoms with Crippen LogP contribution in [0.5, 0.6) is 5.75 Å². The van der Waals surface area contributed by atoms with Crippen LogP contribution in [0.2, 0.25) is 0 Å². The monoisotopic (exact) mass is 381 g/mol. The van der Waals surface area contributed by atoms with E-state index < -0.39 is 0 Å². The molecule has 118 valence electrons. The van der Waals surface area contributed by atoms with Crippen molar-refractivity contribution in [2.75, 3.05) is 7.11 Å². The van der Waals surface area contributed by atoms with Crippen molar-refractivity contribution in [2.45, 2.75) is 38.1 Å². The van der Waals surface area contributed by atoms with E-state index in [1.54, 1.807) is 18.4 Å². The second-order valence-corrected chi connectivity index (χ2v) is 7.39. The number of rotatable bonds is 3. The lowest BCUT2D eigenvalue weighted by molar-refractivity contribution is 0.412. The maximum absolute atomic E-state index is 5.28. The van der Waals surface area contributed by atoms with Gasteiger partial charge >= 0.3 is 0 Å². The fourth-order valence-electron chi connectivity index (χ4n) is 2.74. The molecule has 4 nitrogen and oxygen atoms in total. The molecule has 0 N–H and O–H groups in total. The highest BCUT2D eigenvalue weighted by atomic mass is 79.9. The number of hydrogen-bond donors (Lipinski definition) is 0. The average Bonchev–Trinajstić information content (AvgIpc) is 2.89. The van der Waals surface area contributed by atoms with Crippen LogP contribution >= 0.6 is 27.3 Å². The molecule has 1 aromatic heterocycles. The Hall–Kier alpha value is -1.14. The van der Waals surface area contributed by atoms with Gasteiger partial charge in [0.2, 0.25) is 4.80 Å². The summed E-state index contributed by atoms with van der Waals surface area (Å²) in [7, 11) is 3.64. The van der Waals surface area contributed by atoms with E-state index in [-0.39, 0.29) is 0 Å². The molecule has 1 aliphatic carbocycles. The van der Waals surface area contributed by atoms with Crippen LogP contribution < -0.4 is 9.54 Å². The second-order valence-electron chi connectivity index (χ2n) is 5.58. The minimum atomic E-state index is 0.468. The molecule has 0 radical (unpaired) electrons. The maximum Gasteiger partial charge on any atom is 0.203 e. The Bertz CT molecular complexity index is 716. The van der Waals surface area contributed by atoms with Crippen LogP contribution in [0.3, 0.4) is 0 Å². The summed E-state index contributed by atoms with van der Waals surface area (Å²) in [6.45, 7) is 0. The number of benzene rings is 1. The zero-order chi connectivity index (χ0) is 15.5. The van der Waals surface area contributed by atoms with Crippen molar-refractivity contribution in [1.29, 1.82) is 0 Å². The van der Waals surface area contributed by atoms with E-state index in [0.717, 1.165) is 25.6 Å². The fraction of sp³-hybridized carbons (Fsp3) is 0.500. The molecule has 1 aliphatic rings. The van der Waals surface area contributed by atoms with Crippen LogP contribution in [-0.2, 0) is 7.05 Å². The van der Waals surface area contributed by atoms with E-state index in [1.165, 1.54) is 32.1 Å². The summed E-state index contributed by atoms with van der Waals surface area (Å²) in [4.78, 5) is 5.91. The molecule has 0 bridgehead atoms. The predicted molar refractivity (Wildman–Crippen MR) is 93.2 cm³/mol. The van der Waals surface area contributed by atoms with Crippen molar-refractivity contribution >= 4 is 27.3 Å². The highest BCUT2D eigenvalue weighted by Crippen LogP contribution is 2.30. The number of nitrogens with zero attached hydrogens (tertiary/aromatic N) is 3. The van der Waals surface area contributed by atoms with Crippen LogP contribution in [0, 0.1) is 0 Å². The highest BCUT2D eigenvalue weighted by Gasteiger charge is 2.13. The predicted octanol–water partition coefficient (Wildman–Crippen LogP) is 4.15. The van der Waals surface area contributed by atoms with Gasteiger partial charge in [0.1, 0.15) is 10.8 Å². The van der Waals surface area contributed by atoms with Crippen LogP contribution in [0.15, 0.2) is 27.7 Å². The molecular formula is C16H20BrN3OS. The molecule has 3 rings (SSSR count). The van der Waals surface area contributed by atoms with Gasteiger partial charge in [0, 0.05) is 12.6 Å². The first-order valence-electron chi connectivity index (χ1n) is 7.59. The molecule has 1 heterocycles. The van der Waals surface area contributed by atoms with Gasteiger partial charge < -0.3 is 4.74 Å². The Morgan fingerprint density at radius 1 is 1.32 bits per heavy atom. The van der Waals surface area contributed by atoms with Gasteiger partial charge in [0.15, 0.2) is 0 Å². The summed E-state index contributed by atoms with van der Waals surface area (Å²) < 4.78 is 8.11. The van der Waals surface area contributed by atoms with E-state index in [0.29, 0.717) is 6.04 Å². The van der Waals surface area contributed by atoms with Crippen LogP contribution in [0.25, 0.3) is 10.6 Å². The van der Waals surface area contributed by atoms with E-state index in [4.69, 9.17) is 9.73 Å². The fourth-order valence-corrected chi connectivity index (χ4v) is 4.24. The molecule has 6 heteroatoms. The number of methoxy groups -OCH3 is 1. The lowest BCUT2D eigenvalue weighted by Gasteiger charge is -2.16. The summed E-state index contributed by atoms with van der Waals surface area (Å²) in [5.74, 6) is 0.830. The van der Waals surface area contributed by atoms with Gasteiger partial charge in [-0.05, 0) is 47.0 Å².